The van der Waals surface area contributed by atoms with Crippen LogP contribution in [-0.2, 0) is 6.42 Å². The number of nitrogens with one attached hydrogen (secondary N) is 1. The number of hydrogen-bond acceptors (Lipinski definition) is 5. The molecule has 0 aliphatic carbocycles. The summed E-state index contributed by atoms with van der Waals surface area (Å²) in [4.78, 5) is 11.6. The molecule has 1 aromatic carbocycles. The van der Waals surface area contributed by atoms with Crippen LogP contribution in [0.3, 0.4) is 0 Å². The molecule has 17 heavy (non-hydrogen) atoms. The van der Waals surface area contributed by atoms with Gasteiger partial charge in [-0.3, -0.25) is 4.79 Å². The number of aliphatic hydroxyl groups is 1. The van der Waals surface area contributed by atoms with E-state index < -0.39 is 0 Å². The second-order valence-electron chi connectivity index (χ2n) is 3.41. The Morgan fingerprint density at radius 2 is 2.12 bits per heavy atom. The van der Waals surface area contributed by atoms with Gasteiger partial charge in [-0.1, -0.05) is 16.6 Å². The highest BCUT2D eigenvalue weighted by Crippen LogP contribution is 2.11. The second kappa shape index (κ2) is 5.51. The first kappa shape index (κ1) is 11.7. The van der Waals surface area contributed by atoms with E-state index in [1.165, 1.54) is 0 Å². The van der Waals surface area contributed by atoms with Crippen molar-refractivity contribution in [2.75, 3.05) is 11.9 Å². The third kappa shape index (κ3) is 3.08. The van der Waals surface area contributed by atoms with Crippen LogP contribution in [0.25, 0.3) is 0 Å². The lowest BCUT2D eigenvalue weighted by Gasteiger charge is -2.04. The summed E-state index contributed by atoms with van der Waals surface area (Å²) in [5.41, 5.74) is 2.04. The fourth-order valence-electron chi connectivity index (χ4n) is 1.34. The maximum Gasteiger partial charge on any atom is 0.277 e. The molecular formula is C11H11N3O2S. The molecular weight excluding hydrogens is 238 g/mol. The van der Waals surface area contributed by atoms with E-state index in [2.05, 4.69) is 14.9 Å². The van der Waals surface area contributed by atoms with E-state index in [9.17, 15) is 4.79 Å². The Balaban J connectivity index is 2.01. The molecule has 88 valence electrons. The number of aromatic nitrogens is 2. The smallest absolute Gasteiger partial charge is 0.277 e. The summed E-state index contributed by atoms with van der Waals surface area (Å²) >= 11 is 1.14. The van der Waals surface area contributed by atoms with Gasteiger partial charge in [0.2, 0.25) is 0 Å². The molecule has 0 bridgehead atoms. The first-order chi connectivity index (χ1) is 8.29. The normalized spacial score (nSPS) is 10.2. The second-order valence-corrected chi connectivity index (χ2v) is 4.02. The van der Waals surface area contributed by atoms with Gasteiger partial charge in [0, 0.05) is 17.7 Å². The van der Waals surface area contributed by atoms with Crippen molar-refractivity contribution < 1.29 is 9.90 Å². The number of nitrogens with zero attached hydrogens (tertiary/aromatic N) is 2. The van der Waals surface area contributed by atoms with Gasteiger partial charge < -0.3 is 10.4 Å². The molecule has 0 unspecified atom stereocenters. The molecule has 1 heterocycles. The number of carbonyl (C=O) groups is 1. The maximum absolute atomic E-state index is 11.6. The van der Waals surface area contributed by atoms with Crippen LogP contribution in [0.1, 0.15) is 16.1 Å². The van der Waals surface area contributed by atoms with Crippen LogP contribution in [0.2, 0.25) is 0 Å². The highest BCUT2D eigenvalue weighted by molar-refractivity contribution is 7.03. The number of rotatable bonds is 4. The minimum Gasteiger partial charge on any atom is -0.396 e. The quantitative estimate of drug-likeness (QED) is 0.857. The van der Waals surface area contributed by atoms with Crippen LogP contribution in [0.4, 0.5) is 5.69 Å². The zero-order valence-electron chi connectivity index (χ0n) is 8.96. The predicted molar refractivity (Wildman–Crippen MR) is 65.1 cm³/mol. The van der Waals surface area contributed by atoms with E-state index in [1.807, 2.05) is 12.1 Å². The van der Waals surface area contributed by atoms with Gasteiger partial charge in [-0.15, -0.1) is 5.10 Å². The summed E-state index contributed by atoms with van der Waals surface area (Å²) in [5, 5.41) is 16.8. The first-order valence-electron chi connectivity index (χ1n) is 5.08. The summed E-state index contributed by atoms with van der Waals surface area (Å²) in [5.74, 6) is -0.270. The Kier molecular flexibility index (Phi) is 3.79. The molecule has 2 rings (SSSR count). The average Bonchev–Trinajstić information content (AvgIpc) is 2.86. The van der Waals surface area contributed by atoms with Gasteiger partial charge in [-0.05, 0) is 35.6 Å². The minimum absolute atomic E-state index is 0.121. The Bertz CT molecular complexity index is 482. The topological polar surface area (TPSA) is 75.1 Å². The van der Waals surface area contributed by atoms with Crippen molar-refractivity contribution in [1.29, 1.82) is 0 Å². The van der Waals surface area contributed by atoms with E-state index >= 15 is 0 Å². The van der Waals surface area contributed by atoms with Crippen LogP contribution >= 0.6 is 11.5 Å². The Morgan fingerprint density at radius 3 is 2.71 bits per heavy atom. The summed E-state index contributed by atoms with van der Waals surface area (Å²) in [7, 11) is 0. The predicted octanol–water partition coefficient (Wildman–Crippen LogP) is 1.33. The molecule has 0 spiro atoms. The molecule has 5 nitrogen and oxygen atoms in total. The lowest BCUT2D eigenvalue weighted by atomic mass is 10.1. The number of benzene rings is 1. The average molecular weight is 249 g/mol. The van der Waals surface area contributed by atoms with Crippen LogP contribution in [0.15, 0.2) is 29.6 Å². The molecule has 1 aromatic heterocycles. The monoisotopic (exact) mass is 249 g/mol. The number of amides is 1. The summed E-state index contributed by atoms with van der Waals surface area (Å²) in [6.45, 7) is 0.121. The fraction of sp³-hybridized carbons (Fsp3) is 0.182. The Labute approximate surface area is 102 Å². The summed E-state index contributed by atoms with van der Waals surface area (Å²) < 4.78 is 3.63. The van der Waals surface area contributed by atoms with Crippen molar-refractivity contribution in [2.45, 2.75) is 6.42 Å². The fourth-order valence-corrected chi connectivity index (χ4v) is 1.78. The Morgan fingerprint density at radius 1 is 1.35 bits per heavy atom. The van der Waals surface area contributed by atoms with E-state index in [1.54, 1.807) is 17.5 Å². The zero-order valence-corrected chi connectivity index (χ0v) is 9.78. The molecule has 0 saturated heterocycles. The molecule has 2 aromatic rings. The zero-order chi connectivity index (χ0) is 12.1. The van der Waals surface area contributed by atoms with E-state index in [4.69, 9.17) is 5.11 Å². The molecule has 1 amide bonds. The van der Waals surface area contributed by atoms with Crippen LogP contribution in [0.5, 0.6) is 0 Å². The van der Waals surface area contributed by atoms with E-state index in [0.29, 0.717) is 17.8 Å². The van der Waals surface area contributed by atoms with Crippen molar-refractivity contribution in [3.63, 3.8) is 0 Å². The third-order valence-corrected chi connectivity index (χ3v) is 2.71. The van der Waals surface area contributed by atoms with Gasteiger partial charge in [0.25, 0.3) is 5.91 Å². The van der Waals surface area contributed by atoms with E-state index in [0.717, 1.165) is 17.1 Å². The standard InChI is InChI=1S/C11H11N3O2S/c15-6-5-8-1-3-9(4-2-8)12-11(16)10-7-17-14-13-10/h1-4,7,15H,5-6H2,(H,12,16). The van der Waals surface area contributed by atoms with Crippen molar-refractivity contribution in [2.24, 2.45) is 0 Å². The van der Waals surface area contributed by atoms with Gasteiger partial charge >= 0.3 is 0 Å². The molecule has 0 fully saturated rings. The van der Waals surface area contributed by atoms with Gasteiger partial charge in [-0.25, -0.2) is 0 Å². The largest absolute Gasteiger partial charge is 0.396 e. The van der Waals surface area contributed by atoms with Gasteiger partial charge in [0.15, 0.2) is 5.69 Å². The molecule has 0 radical (unpaired) electrons. The van der Waals surface area contributed by atoms with Crippen LogP contribution in [0, 0.1) is 0 Å². The summed E-state index contributed by atoms with van der Waals surface area (Å²) in [6, 6.07) is 7.32. The molecule has 6 heteroatoms. The van der Waals surface area contributed by atoms with Crippen LogP contribution < -0.4 is 5.32 Å². The third-order valence-electron chi connectivity index (χ3n) is 2.20. The van der Waals surface area contributed by atoms with Crippen LogP contribution in [-0.4, -0.2) is 27.2 Å². The Hall–Kier alpha value is -1.79. The lowest BCUT2D eigenvalue weighted by molar-refractivity contribution is 0.102. The number of aliphatic hydroxyl groups excluding tert-OH is 1. The number of hydrogen-bond donors (Lipinski definition) is 2. The lowest BCUT2D eigenvalue weighted by Crippen LogP contribution is -2.12. The maximum atomic E-state index is 11.6. The molecule has 0 atom stereocenters. The van der Waals surface area contributed by atoms with Gasteiger partial charge in [-0.2, -0.15) is 0 Å². The van der Waals surface area contributed by atoms with Gasteiger partial charge in [0.05, 0.1) is 0 Å². The SMILES string of the molecule is O=C(Nc1ccc(CCO)cc1)c1csnn1. The number of carbonyl (C=O) groups excluding carboxylic acids is 1. The molecule has 0 aliphatic rings. The van der Waals surface area contributed by atoms with Crippen molar-refractivity contribution >= 4 is 23.1 Å². The summed E-state index contributed by atoms with van der Waals surface area (Å²) in [6.07, 6.45) is 0.615. The van der Waals surface area contributed by atoms with Crippen molar-refractivity contribution in [3.8, 4) is 0 Å². The van der Waals surface area contributed by atoms with Crippen molar-refractivity contribution in [1.82, 2.24) is 9.59 Å². The highest BCUT2D eigenvalue weighted by atomic mass is 32.1. The van der Waals surface area contributed by atoms with Crippen molar-refractivity contribution in [3.05, 3.63) is 40.9 Å². The minimum atomic E-state index is -0.270. The first-order valence-corrected chi connectivity index (χ1v) is 5.91. The highest BCUT2D eigenvalue weighted by Gasteiger charge is 2.08. The van der Waals surface area contributed by atoms with Gasteiger partial charge in [0.1, 0.15) is 0 Å². The molecule has 0 aliphatic heterocycles. The molecule has 2 N–H and O–H groups in total. The van der Waals surface area contributed by atoms with E-state index in [-0.39, 0.29) is 12.5 Å². The number of anilines is 1. The molecule has 0 saturated carbocycles.